The molecular formula is C17H16F6N4O3S. The summed E-state index contributed by atoms with van der Waals surface area (Å²) in [5, 5.41) is 3.11. The Labute approximate surface area is 172 Å². The first-order chi connectivity index (χ1) is 13.7. The molecule has 170 valence electrons. The van der Waals surface area contributed by atoms with Crippen LogP contribution >= 0.6 is 0 Å². The van der Waals surface area contributed by atoms with Crippen molar-refractivity contribution in [2.75, 3.05) is 10.7 Å². The molecule has 0 radical (unpaired) electrons. The SMILES string of the molecule is C=[n+]1cc(C(F)(F)F)cc(S(=O)(=O)CC)c1=C1[N-]c2cc(C)cnc2N1C(F)(F)F.O. The second-order valence-corrected chi connectivity index (χ2v) is 8.65. The van der Waals surface area contributed by atoms with Crippen LogP contribution in [0.1, 0.15) is 18.1 Å². The van der Waals surface area contributed by atoms with Gasteiger partial charge in [-0.25, -0.2) is 8.42 Å². The molecule has 3 rings (SSSR count). The van der Waals surface area contributed by atoms with Gasteiger partial charge < -0.3 is 15.7 Å². The molecule has 0 saturated heterocycles. The Morgan fingerprint density at radius 3 is 2.32 bits per heavy atom. The molecule has 2 aromatic rings. The van der Waals surface area contributed by atoms with Crippen LogP contribution < -0.4 is 14.5 Å². The van der Waals surface area contributed by atoms with Crippen LogP contribution in [0.4, 0.5) is 37.8 Å². The Morgan fingerprint density at radius 2 is 1.81 bits per heavy atom. The zero-order chi connectivity index (χ0) is 22.6. The van der Waals surface area contributed by atoms with Crippen LogP contribution in [0.2, 0.25) is 0 Å². The van der Waals surface area contributed by atoms with Crippen LogP contribution in [0.5, 0.6) is 0 Å². The molecule has 0 aliphatic carbocycles. The molecule has 0 aromatic carbocycles. The van der Waals surface area contributed by atoms with E-state index in [9.17, 15) is 34.8 Å². The molecule has 0 bridgehead atoms. The molecule has 0 spiro atoms. The number of nitrogens with zero attached hydrogens (tertiary/aromatic N) is 4. The van der Waals surface area contributed by atoms with Crippen LogP contribution in [0.3, 0.4) is 0 Å². The van der Waals surface area contributed by atoms with Crippen molar-refractivity contribution in [3.63, 3.8) is 0 Å². The molecule has 1 aliphatic rings. The number of alkyl halides is 6. The normalized spacial score (nSPS) is 15.9. The largest absolute Gasteiger partial charge is 0.429 e. The number of aryl methyl sites for hydroxylation is 1. The molecule has 2 N–H and O–H groups in total. The minimum Gasteiger partial charge on any atom is -0.429 e. The molecule has 14 heteroatoms. The number of fused-ring (bicyclic) bond motifs is 1. The zero-order valence-corrected chi connectivity index (χ0v) is 16.8. The van der Waals surface area contributed by atoms with Gasteiger partial charge in [0, 0.05) is 12.0 Å². The van der Waals surface area contributed by atoms with E-state index in [0.29, 0.717) is 16.0 Å². The van der Waals surface area contributed by atoms with Crippen molar-refractivity contribution in [1.29, 1.82) is 0 Å². The monoisotopic (exact) mass is 470 g/mol. The lowest BCUT2D eigenvalue weighted by molar-refractivity contribution is -0.519. The van der Waals surface area contributed by atoms with Crippen LogP contribution in [-0.4, -0.2) is 30.9 Å². The first-order valence-corrected chi connectivity index (χ1v) is 9.95. The van der Waals surface area contributed by atoms with Crippen LogP contribution in [0.15, 0.2) is 29.4 Å². The van der Waals surface area contributed by atoms with E-state index in [1.165, 1.54) is 6.07 Å². The first-order valence-electron chi connectivity index (χ1n) is 8.30. The van der Waals surface area contributed by atoms with Gasteiger partial charge in [-0.2, -0.15) is 30.6 Å². The van der Waals surface area contributed by atoms with E-state index in [1.807, 2.05) is 0 Å². The highest BCUT2D eigenvalue weighted by atomic mass is 32.2. The highest BCUT2D eigenvalue weighted by Gasteiger charge is 2.41. The van der Waals surface area contributed by atoms with Gasteiger partial charge in [0.1, 0.15) is 17.2 Å². The number of hydrogen-bond acceptors (Lipinski definition) is 4. The van der Waals surface area contributed by atoms with Gasteiger partial charge in [0.2, 0.25) is 5.35 Å². The molecule has 2 aromatic heterocycles. The summed E-state index contributed by atoms with van der Waals surface area (Å²) in [6, 6.07) is 1.58. The van der Waals surface area contributed by atoms with Crippen molar-refractivity contribution in [2.24, 2.45) is 0 Å². The fourth-order valence-corrected chi connectivity index (χ4v) is 3.99. The van der Waals surface area contributed by atoms with Gasteiger partial charge in [-0.05, 0) is 24.2 Å². The summed E-state index contributed by atoms with van der Waals surface area (Å²) in [5.74, 6) is -2.21. The van der Waals surface area contributed by atoms with Crippen LogP contribution in [0, 0.1) is 13.6 Å². The molecule has 0 amide bonds. The fraction of sp³-hybridized carbons (Fsp3) is 0.294. The maximum atomic E-state index is 13.8. The molecule has 3 heterocycles. The minimum atomic E-state index is -5.09. The van der Waals surface area contributed by atoms with Crippen LogP contribution in [-0.2, 0) is 16.0 Å². The summed E-state index contributed by atoms with van der Waals surface area (Å²) in [6.45, 7) is 6.02. The average Bonchev–Trinajstić information content (AvgIpc) is 2.98. The second kappa shape index (κ2) is 7.67. The van der Waals surface area contributed by atoms with E-state index in [4.69, 9.17) is 0 Å². The highest BCUT2D eigenvalue weighted by Crippen LogP contribution is 2.49. The predicted octanol–water partition coefficient (Wildman–Crippen LogP) is 2.42. The van der Waals surface area contributed by atoms with Gasteiger partial charge in [-0.1, -0.05) is 13.0 Å². The third-order valence-corrected chi connectivity index (χ3v) is 5.99. The number of hydrogen-bond donors (Lipinski definition) is 0. The molecule has 1 aliphatic heterocycles. The van der Waals surface area contributed by atoms with Gasteiger partial charge in [0.25, 0.3) is 0 Å². The molecule has 0 saturated carbocycles. The van der Waals surface area contributed by atoms with E-state index >= 15 is 0 Å². The third-order valence-electron chi connectivity index (χ3n) is 4.24. The molecular weight excluding hydrogens is 454 g/mol. The summed E-state index contributed by atoms with van der Waals surface area (Å²) < 4.78 is 107. The average molecular weight is 470 g/mol. The number of anilines is 1. The number of rotatable bonds is 2. The number of aromatic nitrogens is 2. The van der Waals surface area contributed by atoms with Crippen LogP contribution in [0.25, 0.3) is 11.1 Å². The second-order valence-electron chi connectivity index (χ2n) is 6.41. The van der Waals surface area contributed by atoms with Crippen molar-refractivity contribution in [3.8, 4) is 0 Å². The molecule has 0 atom stereocenters. The molecule has 0 fully saturated rings. The smallest absolute Gasteiger partial charge is 0.422 e. The van der Waals surface area contributed by atoms with E-state index < -0.39 is 55.5 Å². The van der Waals surface area contributed by atoms with Gasteiger partial charge in [0.05, 0.1) is 11.6 Å². The standard InChI is InChI=1S/C17H14F6N4O2S.H2O/c1-4-30(28,29)12-6-10(16(18,19)20)8-26(3)13(12)15-25-11-5-9(2)7-24-14(11)27(15)17(21,22)23;/h5-8H,3-4H2,1-2H3;1H2. The Balaban J connectivity index is 0.00000341. The maximum Gasteiger partial charge on any atom is 0.422 e. The Kier molecular flexibility index (Phi) is 6.04. The molecule has 0 unspecified atom stereocenters. The fourth-order valence-electron chi connectivity index (χ4n) is 2.87. The van der Waals surface area contributed by atoms with Crippen molar-refractivity contribution < 1.29 is 44.5 Å². The lowest BCUT2D eigenvalue weighted by Crippen LogP contribution is -2.47. The van der Waals surface area contributed by atoms with Crippen molar-refractivity contribution in [2.45, 2.75) is 31.2 Å². The van der Waals surface area contributed by atoms with Gasteiger partial charge >= 0.3 is 12.5 Å². The number of sulfone groups is 1. The summed E-state index contributed by atoms with van der Waals surface area (Å²) in [6.07, 6.45) is -8.47. The third kappa shape index (κ3) is 4.30. The number of halogens is 6. The first kappa shape index (κ1) is 24.4. The van der Waals surface area contributed by atoms with E-state index in [2.05, 4.69) is 17.0 Å². The van der Waals surface area contributed by atoms with E-state index in [-0.39, 0.29) is 22.1 Å². The summed E-state index contributed by atoms with van der Waals surface area (Å²) in [4.78, 5) is 2.47. The topological polar surface area (TPSA) is 102 Å². The van der Waals surface area contributed by atoms with E-state index in [1.54, 1.807) is 6.92 Å². The van der Waals surface area contributed by atoms with E-state index in [0.717, 1.165) is 13.1 Å². The minimum absolute atomic E-state index is 0. The van der Waals surface area contributed by atoms with Crippen molar-refractivity contribution >= 4 is 27.2 Å². The maximum absolute atomic E-state index is 13.8. The quantitative estimate of drug-likeness (QED) is 0.382. The number of pyridine rings is 2. The Morgan fingerprint density at radius 1 is 1.19 bits per heavy atom. The Bertz CT molecular complexity index is 1240. The lowest BCUT2D eigenvalue weighted by Gasteiger charge is -2.30. The summed E-state index contributed by atoms with van der Waals surface area (Å²) in [5.41, 5.74) is -1.10. The lowest BCUT2D eigenvalue weighted by atomic mass is 10.2. The van der Waals surface area contributed by atoms with Crippen molar-refractivity contribution in [1.82, 2.24) is 4.98 Å². The predicted molar refractivity (Wildman–Crippen MR) is 97.3 cm³/mol. The van der Waals surface area contributed by atoms with Gasteiger partial charge in [0.15, 0.2) is 16.0 Å². The molecule has 7 nitrogen and oxygen atoms in total. The summed E-state index contributed by atoms with van der Waals surface area (Å²) >= 11 is 0. The Hall–Kier alpha value is -2.87. The molecule has 31 heavy (non-hydrogen) atoms. The van der Waals surface area contributed by atoms with Gasteiger partial charge in [-0.15, -0.1) is 0 Å². The van der Waals surface area contributed by atoms with Crippen molar-refractivity contribution in [3.05, 3.63) is 53.0 Å². The highest BCUT2D eigenvalue weighted by molar-refractivity contribution is 7.91. The zero-order valence-electron chi connectivity index (χ0n) is 16.0. The summed E-state index contributed by atoms with van der Waals surface area (Å²) in [7, 11) is -4.39. The van der Waals surface area contributed by atoms with Gasteiger partial charge in [-0.3, -0.25) is 4.98 Å².